The van der Waals surface area contributed by atoms with Gasteiger partial charge in [-0.1, -0.05) is 0 Å². The van der Waals surface area contributed by atoms with Crippen molar-refractivity contribution in [2.45, 2.75) is 0 Å². The molecule has 2 heterocycles. The molecule has 0 aliphatic carbocycles. The Labute approximate surface area is 71.6 Å². The fourth-order valence-corrected chi connectivity index (χ4v) is 1.08. The van der Waals surface area contributed by atoms with Crippen molar-refractivity contribution in [3.63, 3.8) is 0 Å². The molecule has 0 spiro atoms. The SMILES string of the molecule is Cl.c1cc2c(cn1)NCCN2. The maximum absolute atomic E-state index is 4.00. The minimum absolute atomic E-state index is 0. The van der Waals surface area contributed by atoms with Gasteiger partial charge >= 0.3 is 0 Å². The van der Waals surface area contributed by atoms with E-state index in [-0.39, 0.29) is 12.4 Å². The van der Waals surface area contributed by atoms with E-state index >= 15 is 0 Å². The number of hydrogen-bond acceptors (Lipinski definition) is 3. The van der Waals surface area contributed by atoms with Crippen molar-refractivity contribution in [3.8, 4) is 0 Å². The van der Waals surface area contributed by atoms with Gasteiger partial charge in [0, 0.05) is 19.3 Å². The third-order valence-corrected chi connectivity index (χ3v) is 1.58. The molecule has 0 atom stereocenters. The van der Waals surface area contributed by atoms with Crippen molar-refractivity contribution in [2.24, 2.45) is 0 Å². The summed E-state index contributed by atoms with van der Waals surface area (Å²) in [5.41, 5.74) is 2.26. The van der Waals surface area contributed by atoms with Gasteiger partial charge in [0.2, 0.25) is 0 Å². The molecule has 0 fully saturated rings. The van der Waals surface area contributed by atoms with Crippen molar-refractivity contribution in [2.75, 3.05) is 23.7 Å². The highest BCUT2D eigenvalue weighted by atomic mass is 35.5. The van der Waals surface area contributed by atoms with Crippen molar-refractivity contribution in [1.82, 2.24) is 4.98 Å². The number of nitrogens with one attached hydrogen (secondary N) is 2. The largest absolute Gasteiger partial charge is 0.382 e. The van der Waals surface area contributed by atoms with Crippen LogP contribution in [-0.4, -0.2) is 18.1 Å². The predicted octanol–water partition coefficient (Wildman–Crippen LogP) is 1.34. The second-order valence-electron chi connectivity index (χ2n) is 2.27. The van der Waals surface area contributed by atoms with Crippen LogP contribution in [0.15, 0.2) is 18.5 Å². The molecule has 0 amide bonds. The minimum Gasteiger partial charge on any atom is -0.382 e. The molecule has 1 aliphatic rings. The van der Waals surface area contributed by atoms with Crippen LogP contribution in [0.1, 0.15) is 0 Å². The summed E-state index contributed by atoms with van der Waals surface area (Å²) in [6, 6.07) is 1.97. The monoisotopic (exact) mass is 171 g/mol. The quantitative estimate of drug-likeness (QED) is 0.619. The molecule has 0 aromatic carbocycles. The lowest BCUT2D eigenvalue weighted by Gasteiger charge is -2.18. The summed E-state index contributed by atoms with van der Waals surface area (Å²) in [5, 5.41) is 6.50. The zero-order valence-corrected chi connectivity index (χ0v) is 6.82. The van der Waals surface area contributed by atoms with Gasteiger partial charge in [-0.05, 0) is 6.07 Å². The number of pyridine rings is 1. The molecule has 1 aromatic rings. The van der Waals surface area contributed by atoms with Crippen LogP contribution < -0.4 is 10.6 Å². The third-order valence-electron chi connectivity index (χ3n) is 1.58. The lowest BCUT2D eigenvalue weighted by atomic mass is 10.3. The van der Waals surface area contributed by atoms with Gasteiger partial charge in [-0.15, -0.1) is 12.4 Å². The van der Waals surface area contributed by atoms with E-state index in [1.165, 1.54) is 0 Å². The summed E-state index contributed by atoms with van der Waals surface area (Å²) in [7, 11) is 0. The molecule has 0 saturated heterocycles. The van der Waals surface area contributed by atoms with E-state index < -0.39 is 0 Å². The molecule has 60 valence electrons. The summed E-state index contributed by atoms with van der Waals surface area (Å²) in [4.78, 5) is 4.00. The van der Waals surface area contributed by atoms with Gasteiger partial charge in [0.1, 0.15) is 0 Å². The standard InChI is InChI=1S/C7H9N3.ClH/c1-2-8-5-7-6(1)9-3-4-10-7;/h1-2,5,9-10H,3-4H2;1H. The van der Waals surface area contributed by atoms with Gasteiger partial charge in [-0.25, -0.2) is 0 Å². The maximum atomic E-state index is 4.00. The Morgan fingerprint density at radius 3 is 2.64 bits per heavy atom. The lowest BCUT2D eigenvalue weighted by molar-refractivity contribution is 1.04. The van der Waals surface area contributed by atoms with Crippen molar-refractivity contribution >= 4 is 23.8 Å². The summed E-state index contributed by atoms with van der Waals surface area (Å²) >= 11 is 0. The molecule has 4 heteroatoms. The van der Waals surface area contributed by atoms with E-state index in [9.17, 15) is 0 Å². The Bertz CT molecular complexity index is 214. The van der Waals surface area contributed by atoms with Gasteiger partial charge in [0.15, 0.2) is 0 Å². The van der Waals surface area contributed by atoms with Gasteiger partial charge in [0.05, 0.1) is 17.6 Å². The zero-order chi connectivity index (χ0) is 6.81. The molecule has 0 unspecified atom stereocenters. The van der Waals surface area contributed by atoms with Gasteiger partial charge < -0.3 is 10.6 Å². The van der Waals surface area contributed by atoms with Crippen molar-refractivity contribution in [1.29, 1.82) is 0 Å². The predicted molar refractivity (Wildman–Crippen MR) is 48.5 cm³/mol. The molecule has 1 aliphatic heterocycles. The van der Waals surface area contributed by atoms with Crippen LogP contribution in [0.4, 0.5) is 11.4 Å². The zero-order valence-electron chi connectivity index (χ0n) is 6.00. The number of anilines is 2. The van der Waals surface area contributed by atoms with Crippen LogP contribution in [0.25, 0.3) is 0 Å². The Morgan fingerprint density at radius 2 is 1.91 bits per heavy atom. The fourth-order valence-electron chi connectivity index (χ4n) is 1.08. The van der Waals surface area contributed by atoms with E-state index in [0.29, 0.717) is 0 Å². The summed E-state index contributed by atoms with van der Waals surface area (Å²) < 4.78 is 0. The number of fused-ring (bicyclic) bond motifs is 1. The van der Waals surface area contributed by atoms with E-state index in [0.717, 1.165) is 24.5 Å². The Kier molecular flexibility index (Phi) is 2.54. The van der Waals surface area contributed by atoms with Crippen LogP contribution in [-0.2, 0) is 0 Å². The van der Waals surface area contributed by atoms with Crippen LogP contribution in [0.3, 0.4) is 0 Å². The highest BCUT2D eigenvalue weighted by molar-refractivity contribution is 5.85. The molecule has 0 bridgehead atoms. The smallest absolute Gasteiger partial charge is 0.0762 e. The van der Waals surface area contributed by atoms with Gasteiger partial charge in [-0.3, -0.25) is 4.98 Å². The number of nitrogens with zero attached hydrogens (tertiary/aromatic N) is 1. The molecule has 3 nitrogen and oxygen atoms in total. The average molecular weight is 172 g/mol. The Morgan fingerprint density at radius 1 is 1.18 bits per heavy atom. The van der Waals surface area contributed by atoms with E-state index in [1.807, 2.05) is 12.3 Å². The van der Waals surface area contributed by atoms with E-state index in [2.05, 4.69) is 15.6 Å². The average Bonchev–Trinajstić information content (AvgIpc) is 2.05. The summed E-state index contributed by atoms with van der Waals surface area (Å²) in [6.45, 7) is 1.98. The van der Waals surface area contributed by atoms with Crippen molar-refractivity contribution in [3.05, 3.63) is 18.5 Å². The van der Waals surface area contributed by atoms with Crippen LogP contribution in [0.5, 0.6) is 0 Å². The Balaban J connectivity index is 0.000000605. The molecule has 0 radical (unpaired) electrons. The fraction of sp³-hybridized carbons (Fsp3) is 0.286. The maximum Gasteiger partial charge on any atom is 0.0762 e. The highest BCUT2D eigenvalue weighted by Gasteiger charge is 2.04. The first-order valence-electron chi connectivity index (χ1n) is 3.38. The molecule has 1 aromatic heterocycles. The molecular weight excluding hydrogens is 162 g/mol. The molecule has 2 rings (SSSR count). The topological polar surface area (TPSA) is 37.0 Å². The van der Waals surface area contributed by atoms with Crippen LogP contribution in [0.2, 0.25) is 0 Å². The normalized spacial score (nSPS) is 13.5. The molecule has 2 N–H and O–H groups in total. The third kappa shape index (κ3) is 1.54. The summed E-state index contributed by atoms with van der Waals surface area (Å²) in [6.07, 6.45) is 3.63. The van der Waals surface area contributed by atoms with Gasteiger partial charge in [0.25, 0.3) is 0 Å². The molecule has 11 heavy (non-hydrogen) atoms. The van der Waals surface area contributed by atoms with Crippen molar-refractivity contribution < 1.29 is 0 Å². The molecule has 0 saturated carbocycles. The highest BCUT2D eigenvalue weighted by Crippen LogP contribution is 2.20. The number of rotatable bonds is 0. The minimum atomic E-state index is 0. The van der Waals surface area contributed by atoms with Crippen LogP contribution >= 0.6 is 12.4 Å². The van der Waals surface area contributed by atoms with Crippen LogP contribution in [0, 0.1) is 0 Å². The lowest BCUT2D eigenvalue weighted by Crippen LogP contribution is -2.20. The second-order valence-corrected chi connectivity index (χ2v) is 2.27. The first kappa shape index (κ1) is 8.14. The first-order valence-corrected chi connectivity index (χ1v) is 3.38. The Hall–Kier alpha value is -0.960. The molecular formula is C7H10ClN3. The number of aromatic nitrogens is 1. The number of hydrogen-bond donors (Lipinski definition) is 2. The number of halogens is 1. The van der Waals surface area contributed by atoms with Gasteiger partial charge in [-0.2, -0.15) is 0 Å². The van der Waals surface area contributed by atoms with E-state index in [1.54, 1.807) is 6.20 Å². The van der Waals surface area contributed by atoms with E-state index in [4.69, 9.17) is 0 Å². The second kappa shape index (κ2) is 3.44. The first-order chi connectivity index (χ1) is 4.97. The summed E-state index contributed by atoms with van der Waals surface area (Å²) in [5.74, 6) is 0.